The highest BCUT2D eigenvalue weighted by atomic mass is 79.9. The van der Waals surface area contributed by atoms with E-state index >= 15 is 0 Å². The second-order valence-corrected chi connectivity index (χ2v) is 6.61. The number of benzene rings is 1. The van der Waals surface area contributed by atoms with Crippen LogP contribution in [0.5, 0.6) is 0 Å². The highest BCUT2D eigenvalue weighted by Gasteiger charge is 2.13. The number of hydrogen-bond acceptors (Lipinski definition) is 3. The van der Waals surface area contributed by atoms with E-state index in [1.807, 2.05) is 17.8 Å². The number of hydrogen-bond donors (Lipinski definition) is 2. The van der Waals surface area contributed by atoms with Crippen molar-refractivity contribution in [2.24, 2.45) is 5.92 Å². The first kappa shape index (κ1) is 13.7. The fourth-order valence-electron chi connectivity index (χ4n) is 2.03. The zero-order valence-electron chi connectivity index (χ0n) is 9.99. The maximum atomic E-state index is 11.0. The monoisotopic (exact) mass is 329 g/mol. The van der Waals surface area contributed by atoms with E-state index < -0.39 is 5.97 Å². The smallest absolute Gasteiger partial charge is 0.335 e. The summed E-state index contributed by atoms with van der Waals surface area (Å²) in [5.74, 6) is 2.29. The number of thioether (sulfide) groups is 1. The van der Waals surface area contributed by atoms with Gasteiger partial charge in [-0.25, -0.2) is 4.79 Å². The lowest BCUT2D eigenvalue weighted by Crippen LogP contribution is -2.19. The van der Waals surface area contributed by atoms with Gasteiger partial charge in [-0.05, 0) is 48.5 Å². The van der Waals surface area contributed by atoms with Crippen LogP contribution in [0.3, 0.4) is 0 Å². The molecule has 1 aromatic carbocycles. The van der Waals surface area contributed by atoms with Gasteiger partial charge in [0.2, 0.25) is 0 Å². The second-order valence-electron chi connectivity index (χ2n) is 4.47. The molecule has 1 aromatic rings. The molecular formula is C13H16BrNO2S. The van der Waals surface area contributed by atoms with Crippen LogP contribution in [0.1, 0.15) is 23.2 Å². The van der Waals surface area contributed by atoms with Gasteiger partial charge in [0.25, 0.3) is 0 Å². The number of carboxylic acids is 1. The van der Waals surface area contributed by atoms with Gasteiger partial charge in [-0.1, -0.05) is 15.9 Å². The molecule has 1 fully saturated rings. The first-order chi connectivity index (χ1) is 8.65. The lowest BCUT2D eigenvalue weighted by Gasteiger charge is -2.22. The zero-order chi connectivity index (χ0) is 13.0. The number of carbonyl (C=O) groups is 1. The van der Waals surface area contributed by atoms with E-state index in [-0.39, 0.29) is 0 Å². The Bertz CT molecular complexity index is 433. The van der Waals surface area contributed by atoms with Crippen molar-refractivity contribution in [1.29, 1.82) is 0 Å². The van der Waals surface area contributed by atoms with Crippen LogP contribution >= 0.6 is 27.7 Å². The number of halogens is 1. The van der Waals surface area contributed by atoms with Crippen molar-refractivity contribution in [1.82, 2.24) is 0 Å². The topological polar surface area (TPSA) is 49.3 Å². The predicted octanol–water partition coefficient (Wildman–Crippen LogP) is 3.70. The number of rotatable bonds is 4. The number of carboxylic acid groups (broad SMARTS) is 1. The molecule has 1 saturated heterocycles. The quantitative estimate of drug-likeness (QED) is 0.884. The van der Waals surface area contributed by atoms with Gasteiger partial charge < -0.3 is 10.4 Å². The van der Waals surface area contributed by atoms with Crippen LogP contribution < -0.4 is 5.32 Å². The summed E-state index contributed by atoms with van der Waals surface area (Å²) in [5.41, 5.74) is 1.19. The number of anilines is 1. The molecule has 0 aromatic heterocycles. The summed E-state index contributed by atoms with van der Waals surface area (Å²) in [6.07, 6.45) is 2.49. The first-order valence-electron chi connectivity index (χ1n) is 6.00. The average Bonchev–Trinajstić information content (AvgIpc) is 2.37. The average molecular weight is 330 g/mol. The fourth-order valence-corrected chi connectivity index (χ4v) is 3.73. The maximum Gasteiger partial charge on any atom is 0.335 e. The van der Waals surface area contributed by atoms with Gasteiger partial charge in [0.15, 0.2) is 0 Å². The Kier molecular flexibility index (Phi) is 4.95. The van der Waals surface area contributed by atoms with Gasteiger partial charge in [0, 0.05) is 16.7 Å². The molecule has 1 heterocycles. The van der Waals surface area contributed by atoms with Crippen molar-refractivity contribution in [2.75, 3.05) is 23.4 Å². The molecule has 0 spiro atoms. The zero-order valence-corrected chi connectivity index (χ0v) is 12.4. The minimum Gasteiger partial charge on any atom is -0.478 e. The minimum atomic E-state index is -0.895. The van der Waals surface area contributed by atoms with E-state index in [1.54, 1.807) is 12.1 Å². The molecule has 0 radical (unpaired) electrons. The fraction of sp³-hybridized carbons (Fsp3) is 0.462. The summed E-state index contributed by atoms with van der Waals surface area (Å²) in [7, 11) is 0. The molecule has 1 aliphatic rings. The molecule has 2 rings (SSSR count). The van der Waals surface area contributed by atoms with Gasteiger partial charge in [0.1, 0.15) is 0 Å². The Morgan fingerprint density at radius 2 is 2.11 bits per heavy atom. The van der Waals surface area contributed by atoms with Crippen LogP contribution in [0.15, 0.2) is 22.7 Å². The summed E-state index contributed by atoms with van der Waals surface area (Å²) in [4.78, 5) is 11.0. The van der Waals surface area contributed by atoms with E-state index in [0.717, 1.165) is 16.7 Å². The van der Waals surface area contributed by atoms with E-state index in [1.165, 1.54) is 24.3 Å². The molecule has 5 heteroatoms. The normalized spacial score (nSPS) is 16.5. The Hall–Kier alpha value is -0.680. The molecule has 0 unspecified atom stereocenters. The molecule has 3 nitrogen and oxygen atoms in total. The van der Waals surface area contributed by atoms with Gasteiger partial charge in [-0.2, -0.15) is 11.8 Å². The molecule has 0 bridgehead atoms. The SMILES string of the molecule is O=C(O)c1cc(Br)cc(NCC2CCSCC2)c1. The summed E-state index contributed by atoms with van der Waals surface area (Å²) < 4.78 is 0.795. The van der Waals surface area contributed by atoms with Crippen LogP contribution in [0.4, 0.5) is 5.69 Å². The molecule has 2 N–H and O–H groups in total. The van der Waals surface area contributed by atoms with E-state index in [4.69, 9.17) is 5.11 Å². The Morgan fingerprint density at radius 3 is 2.78 bits per heavy atom. The third-order valence-electron chi connectivity index (χ3n) is 3.08. The predicted molar refractivity (Wildman–Crippen MR) is 79.6 cm³/mol. The van der Waals surface area contributed by atoms with Crippen molar-refractivity contribution in [3.63, 3.8) is 0 Å². The summed E-state index contributed by atoms with van der Waals surface area (Å²) in [6.45, 7) is 0.927. The minimum absolute atomic E-state index is 0.311. The number of aromatic carboxylic acids is 1. The maximum absolute atomic E-state index is 11.0. The summed E-state index contributed by atoms with van der Waals surface area (Å²) in [5, 5.41) is 12.3. The van der Waals surface area contributed by atoms with Crippen molar-refractivity contribution in [2.45, 2.75) is 12.8 Å². The van der Waals surface area contributed by atoms with Crippen molar-refractivity contribution >= 4 is 39.3 Å². The van der Waals surface area contributed by atoms with Crippen molar-refractivity contribution < 1.29 is 9.90 Å². The third kappa shape index (κ3) is 3.92. The lowest BCUT2D eigenvalue weighted by molar-refractivity contribution is 0.0697. The standard InChI is InChI=1S/C13H16BrNO2S/c14-11-5-10(13(16)17)6-12(7-11)15-8-9-1-3-18-4-2-9/h5-7,9,15H,1-4,8H2,(H,16,17). The molecule has 98 valence electrons. The van der Waals surface area contributed by atoms with Crippen molar-refractivity contribution in [3.05, 3.63) is 28.2 Å². The summed E-state index contributed by atoms with van der Waals surface area (Å²) in [6, 6.07) is 5.22. The molecule has 0 atom stereocenters. The first-order valence-corrected chi connectivity index (χ1v) is 7.95. The molecule has 18 heavy (non-hydrogen) atoms. The highest BCUT2D eigenvalue weighted by Crippen LogP contribution is 2.24. The van der Waals surface area contributed by atoms with Gasteiger partial charge >= 0.3 is 5.97 Å². The van der Waals surface area contributed by atoms with E-state index in [9.17, 15) is 4.79 Å². The third-order valence-corrected chi connectivity index (χ3v) is 4.59. The lowest BCUT2D eigenvalue weighted by atomic mass is 10.0. The van der Waals surface area contributed by atoms with Crippen LogP contribution in [0.2, 0.25) is 0 Å². The van der Waals surface area contributed by atoms with Gasteiger partial charge in [-0.15, -0.1) is 0 Å². The highest BCUT2D eigenvalue weighted by molar-refractivity contribution is 9.10. The van der Waals surface area contributed by atoms with Crippen LogP contribution in [-0.4, -0.2) is 29.1 Å². The van der Waals surface area contributed by atoms with E-state index in [0.29, 0.717) is 11.5 Å². The Morgan fingerprint density at radius 1 is 1.39 bits per heavy atom. The molecular weight excluding hydrogens is 314 g/mol. The van der Waals surface area contributed by atoms with Gasteiger partial charge in [0.05, 0.1) is 5.56 Å². The molecule has 0 aliphatic carbocycles. The molecule has 0 saturated carbocycles. The summed E-state index contributed by atoms with van der Waals surface area (Å²) >= 11 is 5.36. The Balaban J connectivity index is 1.97. The Labute approximate surface area is 119 Å². The molecule has 0 amide bonds. The van der Waals surface area contributed by atoms with Crippen molar-refractivity contribution in [3.8, 4) is 0 Å². The van der Waals surface area contributed by atoms with Gasteiger partial charge in [-0.3, -0.25) is 0 Å². The molecule has 1 aliphatic heterocycles. The largest absolute Gasteiger partial charge is 0.478 e. The van der Waals surface area contributed by atoms with Crippen LogP contribution in [-0.2, 0) is 0 Å². The van der Waals surface area contributed by atoms with Crippen LogP contribution in [0, 0.1) is 5.92 Å². The van der Waals surface area contributed by atoms with E-state index in [2.05, 4.69) is 21.2 Å². The number of nitrogens with one attached hydrogen (secondary N) is 1. The second kappa shape index (κ2) is 6.48. The van der Waals surface area contributed by atoms with Crippen LogP contribution in [0.25, 0.3) is 0 Å².